The molecule has 0 amide bonds. The summed E-state index contributed by atoms with van der Waals surface area (Å²) in [4.78, 5) is 6.30. The van der Waals surface area contributed by atoms with E-state index >= 15 is 0 Å². The molecule has 0 fully saturated rings. The molecule has 0 spiro atoms. The van der Waals surface area contributed by atoms with Gasteiger partial charge in [-0.15, -0.1) is 0 Å². The molecule has 0 saturated heterocycles. The number of thiazole rings is 1. The average molecular weight is 279 g/mol. The average Bonchev–Trinajstić information content (AvgIpc) is 2.48. The molecule has 0 N–H and O–H groups in total. The molecule has 1 aromatic heterocycles. The first-order valence-electron chi connectivity index (χ1n) is 4.33. The molecule has 5 heteroatoms. The van der Waals surface area contributed by atoms with Gasteiger partial charge in [-0.1, -0.05) is 11.3 Å². The number of rotatable bonds is 4. The molecule has 1 aromatic rings. The lowest BCUT2D eigenvalue weighted by molar-refractivity contribution is 0.113. The predicted molar refractivity (Wildman–Crippen MR) is 63.1 cm³/mol. The van der Waals surface area contributed by atoms with E-state index in [9.17, 15) is 0 Å². The van der Waals surface area contributed by atoms with Crippen LogP contribution in [0.25, 0.3) is 0 Å². The molecule has 3 nitrogen and oxygen atoms in total. The lowest BCUT2D eigenvalue weighted by Gasteiger charge is -2.31. The minimum atomic E-state index is 0.0259. The fourth-order valence-corrected chi connectivity index (χ4v) is 1.76. The zero-order valence-electron chi connectivity index (χ0n) is 8.87. The Morgan fingerprint density at radius 3 is 2.64 bits per heavy atom. The van der Waals surface area contributed by atoms with Gasteiger partial charge in [0.25, 0.3) is 5.19 Å². The lowest BCUT2D eigenvalue weighted by atomic mass is 10.1. The van der Waals surface area contributed by atoms with Crippen molar-refractivity contribution in [2.75, 3.05) is 20.7 Å². The van der Waals surface area contributed by atoms with Crippen molar-refractivity contribution in [3.05, 3.63) is 9.98 Å². The van der Waals surface area contributed by atoms with Gasteiger partial charge in [-0.05, 0) is 43.9 Å². The summed E-state index contributed by atoms with van der Waals surface area (Å²) in [6.07, 6.45) is 0. The van der Waals surface area contributed by atoms with E-state index in [0.717, 1.165) is 4.60 Å². The van der Waals surface area contributed by atoms with E-state index in [1.54, 1.807) is 0 Å². The first-order chi connectivity index (χ1) is 6.42. The minimum absolute atomic E-state index is 0.0259. The summed E-state index contributed by atoms with van der Waals surface area (Å²) in [6.45, 7) is 4.91. The fraction of sp³-hybridized carbons (Fsp3) is 0.667. The summed E-state index contributed by atoms with van der Waals surface area (Å²) in [5, 5.41) is 2.63. The van der Waals surface area contributed by atoms with E-state index < -0.39 is 0 Å². The fourth-order valence-electron chi connectivity index (χ4n) is 0.673. The summed E-state index contributed by atoms with van der Waals surface area (Å²) in [5.41, 5.74) is 0.0259. The zero-order chi connectivity index (χ0) is 10.8. The van der Waals surface area contributed by atoms with Crippen LogP contribution in [0.1, 0.15) is 13.8 Å². The van der Waals surface area contributed by atoms with Gasteiger partial charge in [0.1, 0.15) is 11.2 Å². The first kappa shape index (κ1) is 11.9. The molecule has 0 aromatic carbocycles. The summed E-state index contributed by atoms with van der Waals surface area (Å²) in [5.74, 6) is 0. The van der Waals surface area contributed by atoms with Crippen LogP contribution in [-0.2, 0) is 0 Å². The highest BCUT2D eigenvalue weighted by Gasteiger charge is 2.21. The third-order valence-corrected chi connectivity index (χ3v) is 3.68. The Balaban J connectivity index is 2.48. The summed E-state index contributed by atoms with van der Waals surface area (Å²) < 4.78 is 6.42. The maximum absolute atomic E-state index is 5.59. The van der Waals surface area contributed by atoms with Gasteiger partial charge in [0, 0.05) is 10.9 Å². The summed E-state index contributed by atoms with van der Waals surface area (Å²) in [6, 6.07) is 0. The Hall–Kier alpha value is -0.130. The second-order valence-electron chi connectivity index (χ2n) is 3.93. The van der Waals surface area contributed by atoms with Crippen LogP contribution in [0, 0.1) is 0 Å². The molecule has 0 aliphatic rings. The smallest absolute Gasteiger partial charge is 0.274 e. The molecular formula is C9H15BrN2OS. The molecule has 0 aliphatic carbocycles. The van der Waals surface area contributed by atoms with E-state index in [-0.39, 0.29) is 5.54 Å². The second kappa shape index (κ2) is 4.59. The van der Waals surface area contributed by atoms with Crippen LogP contribution >= 0.6 is 27.3 Å². The highest BCUT2D eigenvalue weighted by Crippen LogP contribution is 2.23. The van der Waals surface area contributed by atoms with Crippen molar-refractivity contribution in [3.63, 3.8) is 0 Å². The van der Waals surface area contributed by atoms with Crippen LogP contribution in [0.5, 0.6) is 5.19 Å². The van der Waals surface area contributed by atoms with Crippen molar-refractivity contribution < 1.29 is 4.74 Å². The Morgan fingerprint density at radius 2 is 2.21 bits per heavy atom. The molecule has 0 unspecified atom stereocenters. The minimum Gasteiger partial charge on any atom is -0.468 e. The zero-order valence-corrected chi connectivity index (χ0v) is 11.3. The molecule has 0 atom stereocenters. The van der Waals surface area contributed by atoms with E-state index in [0.29, 0.717) is 11.8 Å². The topological polar surface area (TPSA) is 25.4 Å². The third kappa shape index (κ3) is 3.22. The van der Waals surface area contributed by atoms with Crippen LogP contribution in [0.4, 0.5) is 0 Å². The monoisotopic (exact) mass is 278 g/mol. The van der Waals surface area contributed by atoms with E-state index in [4.69, 9.17) is 4.74 Å². The largest absolute Gasteiger partial charge is 0.468 e. The van der Waals surface area contributed by atoms with Gasteiger partial charge >= 0.3 is 0 Å². The van der Waals surface area contributed by atoms with Crippen molar-refractivity contribution >= 4 is 27.3 Å². The first-order valence-corrected chi connectivity index (χ1v) is 6.00. The van der Waals surface area contributed by atoms with Gasteiger partial charge in [0.05, 0.1) is 0 Å². The quantitative estimate of drug-likeness (QED) is 0.847. The maximum atomic E-state index is 5.59. The van der Waals surface area contributed by atoms with Gasteiger partial charge in [-0.3, -0.25) is 0 Å². The Morgan fingerprint density at radius 1 is 1.57 bits per heavy atom. The van der Waals surface area contributed by atoms with E-state index in [1.807, 2.05) is 19.5 Å². The number of hydrogen-bond donors (Lipinski definition) is 0. The Labute approximate surface area is 97.2 Å². The lowest BCUT2D eigenvalue weighted by Crippen LogP contribution is -2.43. The van der Waals surface area contributed by atoms with Crippen LogP contribution in [0.3, 0.4) is 0 Å². The van der Waals surface area contributed by atoms with Crippen LogP contribution in [-0.4, -0.2) is 36.1 Å². The molecule has 0 aliphatic heterocycles. The molecule has 0 bridgehead atoms. The molecular weight excluding hydrogens is 264 g/mol. The van der Waals surface area contributed by atoms with Crippen LogP contribution in [0.2, 0.25) is 0 Å². The molecule has 0 radical (unpaired) electrons. The summed E-state index contributed by atoms with van der Waals surface area (Å²) >= 11 is 4.79. The van der Waals surface area contributed by atoms with Crippen molar-refractivity contribution in [3.8, 4) is 5.19 Å². The molecule has 14 heavy (non-hydrogen) atoms. The van der Waals surface area contributed by atoms with Crippen molar-refractivity contribution in [2.24, 2.45) is 0 Å². The Bertz CT molecular complexity index is 299. The predicted octanol–water partition coefficient (Wildman–Crippen LogP) is 2.62. The number of likely N-dealkylation sites (N-methyl/N-ethyl adjacent to an activating group) is 1. The molecule has 80 valence electrons. The number of halogens is 1. The maximum Gasteiger partial charge on any atom is 0.274 e. The van der Waals surface area contributed by atoms with Gasteiger partial charge < -0.3 is 9.64 Å². The molecule has 1 rings (SSSR count). The second-order valence-corrected chi connectivity index (χ2v) is 5.56. The number of ether oxygens (including phenoxy) is 1. The van der Waals surface area contributed by atoms with Crippen LogP contribution < -0.4 is 4.74 Å². The van der Waals surface area contributed by atoms with Crippen molar-refractivity contribution in [1.29, 1.82) is 0 Å². The van der Waals surface area contributed by atoms with E-state index in [2.05, 4.69) is 39.7 Å². The van der Waals surface area contributed by atoms with Gasteiger partial charge in [-0.25, -0.2) is 0 Å². The van der Waals surface area contributed by atoms with Crippen molar-refractivity contribution in [1.82, 2.24) is 9.88 Å². The van der Waals surface area contributed by atoms with Gasteiger partial charge in [0.2, 0.25) is 0 Å². The number of nitrogens with zero attached hydrogens (tertiary/aromatic N) is 2. The molecule has 1 heterocycles. The third-order valence-electron chi connectivity index (χ3n) is 2.21. The highest BCUT2D eigenvalue weighted by molar-refractivity contribution is 9.10. The Kier molecular flexibility index (Phi) is 3.92. The standard InChI is InChI=1S/C9H15BrN2OS/c1-9(2,12(3)4)6-13-8-11-7(10)5-14-8/h5H,6H2,1-4H3. The van der Waals surface area contributed by atoms with Crippen LogP contribution in [0.15, 0.2) is 9.98 Å². The normalized spacial score (nSPS) is 12.1. The SMILES string of the molecule is CN(C)C(C)(C)COc1nc(Br)cs1. The summed E-state index contributed by atoms with van der Waals surface area (Å²) in [7, 11) is 4.09. The molecule has 0 saturated carbocycles. The number of hydrogen-bond acceptors (Lipinski definition) is 4. The number of aromatic nitrogens is 1. The van der Waals surface area contributed by atoms with Crippen molar-refractivity contribution in [2.45, 2.75) is 19.4 Å². The highest BCUT2D eigenvalue weighted by atomic mass is 79.9. The van der Waals surface area contributed by atoms with Gasteiger partial charge in [0.15, 0.2) is 0 Å². The van der Waals surface area contributed by atoms with Gasteiger partial charge in [-0.2, -0.15) is 4.98 Å². The van der Waals surface area contributed by atoms with E-state index in [1.165, 1.54) is 11.3 Å².